The van der Waals surface area contributed by atoms with Crippen molar-refractivity contribution in [2.75, 3.05) is 14.2 Å². The first-order chi connectivity index (χ1) is 8.81. The van der Waals surface area contributed by atoms with Crippen LogP contribution >= 0.6 is 0 Å². The Morgan fingerprint density at radius 1 is 1.39 bits per heavy atom. The van der Waals surface area contributed by atoms with E-state index in [-0.39, 0.29) is 0 Å². The molecular formula is C14H22N2O2. The summed E-state index contributed by atoms with van der Waals surface area (Å²) in [5.74, 6) is 0.674. The van der Waals surface area contributed by atoms with Gasteiger partial charge in [0.25, 0.3) is 0 Å². The molecule has 0 aromatic carbocycles. The number of methoxy groups -OCH3 is 2. The molecule has 0 spiro atoms. The zero-order chi connectivity index (χ0) is 12.8. The van der Waals surface area contributed by atoms with Crippen molar-refractivity contribution in [1.82, 2.24) is 10.3 Å². The molecular weight excluding hydrogens is 228 g/mol. The van der Waals surface area contributed by atoms with E-state index < -0.39 is 0 Å². The summed E-state index contributed by atoms with van der Waals surface area (Å²) in [6.45, 7) is 0.861. The molecule has 4 nitrogen and oxygen atoms in total. The summed E-state index contributed by atoms with van der Waals surface area (Å²) in [6, 6.07) is 4.55. The maximum absolute atomic E-state index is 5.44. The highest BCUT2D eigenvalue weighted by atomic mass is 16.5. The molecule has 2 rings (SSSR count). The third kappa shape index (κ3) is 3.68. The van der Waals surface area contributed by atoms with Crippen LogP contribution in [0.4, 0.5) is 0 Å². The van der Waals surface area contributed by atoms with Gasteiger partial charge in [-0.15, -0.1) is 0 Å². The van der Waals surface area contributed by atoms with Crippen molar-refractivity contribution in [3.05, 3.63) is 23.9 Å². The first kappa shape index (κ1) is 13.3. The van der Waals surface area contributed by atoms with Crippen molar-refractivity contribution < 1.29 is 9.47 Å². The summed E-state index contributed by atoms with van der Waals surface area (Å²) in [7, 11) is 3.45. The number of ether oxygens (including phenoxy) is 2. The Labute approximate surface area is 109 Å². The molecule has 1 heterocycles. The number of rotatable bonds is 5. The van der Waals surface area contributed by atoms with E-state index in [4.69, 9.17) is 9.47 Å². The fourth-order valence-electron chi connectivity index (χ4n) is 2.48. The van der Waals surface area contributed by atoms with Crippen LogP contribution in [0.5, 0.6) is 5.88 Å². The molecule has 4 heteroatoms. The number of hydrogen-bond donors (Lipinski definition) is 1. The van der Waals surface area contributed by atoms with Crippen LogP contribution in [0.2, 0.25) is 0 Å². The highest BCUT2D eigenvalue weighted by Crippen LogP contribution is 2.21. The molecule has 1 aromatic heterocycles. The Morgan fingerprint density at radius 3 is 3.06 bits per heavy atom. The van der Waals surface area contributed by atoms with Gasteiger partial charge in [-0.25, -0.2) is 4.98 Å². The minimum absolute atomic E-state index is 0.420. The van der Waals surface area contributed by atoms with Gasteiger partial charge in [0, 0.05) is 32.0 Å². The SMILES string of the molecule is COc1cc(CNC2CCCC(OC)C2)ccn1. The zero-order valence-electron chi connectivity index (χ0n) is 11.2. The molecule has 2 unspecified atom stereocenters. The average molecular weight is 250 g/mol. The number of aromatic nitrogens is 1. The second-order valence-corrected chi connectivity index (χ2v) is 4.81. The minimum atomic E-state index is 0.420. The van der Waals surface area contributed by atoms with Crippen molar-refractivity contribution in [2.45, 2.75) is 44.4 Å². The van der Waals surface area contributed by atoms with Crippen LogP contribution < -0.4 is 10.1 Å². The molecule has 2 atom stereocenters. The second-order valence-electron chi connectivity index (χ2n) is 4.81. The first-order valence-electron chi connectivity index (χ1n) is 6.57. The summed E-state index contributed by atoms with van der Waals surface area (Å²) >= 11 is 0. The summed E-state index contributed by atoms with van der Waals surface area (Å²) in [5, 5.41) is 3.59. The summed E-state index contributed by atoms with van der Waals surface area (Å²) in [6.07, 6.45) is 6.99. The Hall–Kier alpha value is -1.13. The van der Waals surface area contributed by atoms with E-state index in [1.807, 2.05) is 12.1 Å². The predicted molar refractivity (Wildman–Crippen MR) is 70.7 cm³/mol. The molecule has 1 aliphatic carbocycles. The van der Waals surface area contributed by atoms with Crippen LogP contribution in [-0.2, 0) is 11.3 Å². The lowest BCUT2D eigenvalue weighted by molar-refractivity contribution is 0.0586. The molecule has 0 radical (unpaired) electrons. The van der Waals surface area contributed by atoms with Crippen LogP contribution in [0.25, 0.3) is 0 Å². The highest BCUT2D eigenvalue weighted by Gasteiger charge is 2.20. The standard InChI is InChI=1S/C14H22N2O2/c1-17-13-5-3-4-12(9-13)16-10-11-6-7-15-14(8-11)18-2/h6-8,12-13,16H,3-5,9-10H2,1-2H3. The van der Waals surface area contributed by atoms with Crippen molar-refractivity contribution >= 4 is 0 Å². The molecule has 100 valence electrons. The molecule has 1 N–H and O–H groups in total. The van der Waals surface area contributed by atoms with Gasteiger partial charge in [0.05, 0.1) is 13.2 Å². The third-order valence-corrected chi connectivity index (χ3v) is 3.56. The lowest BCUT2D eigenvalue weighted by Gasteiger charge is -2.29. The van der Waals surface area contributed by atoms with Crippen LogP contribution in [0.15, 0.2) is 18.3 Å². The van der Waals surface area contributed by atoms with E-state index in [1.165, 1.54) is 24.8 Å². The average Bonchev–Trinajstić information content (AvgIpc) is 2.45. The summed E-state index contributed by atoms with van der Waals surface area (Å²) in [5.41, 5.74) is 1.21. The first-order valence-corrected chi connectivity index (χ1v) is 6.57. The van der Waals surface area contributed by atoms with Gasteiger partial charge in [-0.2, -0.15) is 0 Å². The largest absolute Gasteiger partial charge is 0.481 e. The van der Waals surface area contributed by atoms with Gasteiger partial charge >= 0.3 is 0 Å². The monoisotopic (exact) mass is 250 g/mol. The fourth-order valence-corrected chi connectivity index (χ4v) is 2.48. The van der Waals surface area contributed by atoms with Crippen LogP contribution in [0, 0.1) is 0 Å². The van der Waals surface area contributed by atoms with E-state index in [2.05, 4.69) is 10.3 Å². The van der Waals surface area contributed by atoms with Crippen LogP contribution in [0.3, 0.4) is 0 Å². The van der Waals surface area contributed by atoms with Gasteiger partial charge in [-0.3, -0.25) is 0 Å². The Balaban J connectivity index is 1.83. The van der Waals surface area contributed by atoms with E-state index in [0.717, 1.165) is 13.0 Å². The lowest BCUT2D eigenvalue weighted by atomic mass is 9.93. The Morgan fingerprint density at radius 2 is 2.28 bits per heavy atom. The van der Waals surface area contributed by atoms with Gasteiger partial charge in [-0.05, 0) is 37.3 Å². The predicted octanol–water partition coefficient (Wildman–Crippen LogP) is 2.14. The molecule has 1 fully saturated rings. The van der Waals surface area contributed by atoms with E-state index in [1.54, 1.807) is 20.4 Å². The number of pyridine rings is 1. The maximum atomic E-state index is 5.44. The Bertz CT molecular complexity index is 371. The van der Waals surface area contributed by atoms with Gasteiger partial charge in [0.2, 0.25) is 5.88 Å². The van der Waals surface area contributed by atoms with E-state index in [9.17, 15) is 0 Å². The fraction of sp³-hybridized carbons (Fsp3) is 0.643. The molecule has 1 aromatic rings. The molecule has 0 amide bonds. The second kappa shape index (κ2) is 6.71. The van der Waals surface area contributed by atoms with Crippen molar-refractivity contribution in [2.24, 2.45) is 0 Å². The highest BCUT2D eigenvalue weighted by molar-refractivity contribution is 5.20. The molecule has 0 aliphatic heterocycles. The summed E-state index contributed by atoms with van der Waals surface area (Å²) in [4.78, 5) is 4.11. The van der Waals surface area contributed by atoms with Gasteiger partial charge < -0.3 is 14.8 Å². The van der Waals surface area contributed by atoms with Crippen molar-refractivity contribution in [1.29, 1.82) is 0 Å². The van der Waals surface area contributed by atoms with Gasteiger partial charge in [-0.1, -0.05) is 0 Å². The number of nitrogens with zero attached hydrogens (tertiary/aromatic N) is 1. The van der Waals surface area contributed by atoms with E-state index >= 15 is 0 Å². The molecule has 1 saturated carbocycles. The topological polar surface area (TPSA) is 43.4 Å². The third-order valence-electron chi connectivity index (χ3n) is 3.56. The zero-order valence-corrected chi connectivity index (χ0v) is 11.2. The Kier molecular flexibility index (Phi) is 4.96. The minimum Gasteiger partial charge on any atom is -0.481 e. The van der Waals surface area contributed by atoms with Crippen molar-refractivity contribution in [3.8, 4) is 5.88 Å². The molecule has 0 bridgehead atoms. The lowest BCUT2D eigenvalue weighted by Crippen LogP contribution is -2.36. The van der Waals surface area contributed by atoms with E-state index in [0.29, 0.717) is 18.0 Å². The summed E-state index contributed by atoms with van der Waals surface area (Å²) < 4.78 is 10.6. The quantitative estimate of drug-likeness (QED) is 0.869. The van der Waals surface area contributed by atoms with Crippen LogP contribution in [0.1, 0.15) is 31.2 Å². The normalized spacial score (nSPS) is 23.9. The molecule has 18 heavy (non-hydrogen) atoms. The molecule has 1 aliphatic rings. The maximum Gasteiger partial charge on any atom is 0.213 e. The van der Waals surface area contributed by atoms with Crippen molar-refractivity contribution in [3.63, 3.8) is 0 Å². The van der Waals surface area contributed by atoms with Gasteiger partial charge in [0.15, 0.2) is 0 Å². The van der Waals surface area contributed by atoms with Gasteiger partial charge in [0.1, 0.15) is 0 Å². The number of hydrogen-bond acceptors (Lipinski definition) is 4. The molecule has 0 saturated heterocycles. The number of nitrogens with one attached hydrogen (secondary N) is 1. The smallest absolute Gasteiger partial charge is 0.213 e. The van der Waals surface area contributed by atoms with Crippen LogP contribution in [-0.4, -0.2) is 31.3 Å².